The Kier molecular flexibility index (Phi) is 2.51. The maximum absolute atomic E-state index is 5.69. The van der Waals surface area contributed by atoms with Crippen LogP contribution < -0.4 is 5.73 Å². The molecule has 0 bridgehead atoms. The van der Waals surface area contributed by atoms with Crippen molar-refractivity contribution in [1.82, 2.24) is 9.97 Å². The summed E-state index contributed by atoms with van der Waals surface area (Å²) >= 11 is 3.58. The van der Waals surface area contributed by atoms with E-state index in [0.29, 0.717) is 5.92 Å². The molecule has 2 N–H and O–H groups in total. The number of halogens is 1. The van der Waals surface area contributed by atoms with Crippen LogP contribution in [0.25, 0.3) is 0 Å². The van der Waals surface area contributed by atoms with Gasteiger partial charge in [0.15, 0.2) is 0 Å². The highest BCUT2D eigenvalue weighted by Gasteiger charge is 2.46. The Morgan fingerprint density at radius 2 is 2.19 bits per heavy atom. The van der Waals surface area contributed by atoms with Crippen molar-refractivity contribution in [2.75, 3.05) is 6.54 Å². The molecule has 3 rings (SSSR count). The van der Waals surface area contributed by atoms with E-state index in [1.165, 1.54) is 31.4 Å². The van der Waals surface area contributed by atoms with E-state index in [9.17, 15) is 0 Å². The van der Waals surface area contributed by atoms with Gasteiger partial charge in [0.1, 0.15) is 5.82 Å². The third-order valence-electron chi connectivity index (χ3n) is 3.68. The Bertz CT molecular complexity index is 411. The highest BCUT2D eigenvalue weighted by atomic mass is 79.9. The monoisotopic (exact) mass is 281 g/mol. The summed E-state index contributed by atoms with van der Waals surface area (Å²) < 4.78 is 1.06. The molecule has 0 aromatic carbocycles. The lowest BCUT2D eigenvalue weighted by atomic mass is 9.98. The fourth-order valence-electron chi connectivity index (χ4n) is 2.32. The van der Waals surface area contributed by atoms with Gasteiger partial charge in [-0.25, -0.2) is 9.97 Å². The van der Waals surface area contributed by atoms with Crippen molar-refractivity contribution in [2.45, 2.75) is 43.4 Å². The van der Waals surface area contributed by atoms with Gasteiger partial charge in [-0.1, -0.05) is 0 Å². The number of nitrogens with two attached hydrogens (primary N) is 1. The Hall–Kier alpha value is -0.480. The molecule has 86 valence electrons. The first-order chi connectivity index (χ1) is 7.75. The molecular weight excluding hydrogens is 266 g/mol. The van der Waals surface area contributed by atoms with Crippen molar-refractivity contribution >= 4 is 15.9 Å². The third-order valence-corrected chi connectivity index (χ3v) is 4.26. The van der Waals surface area contributed by atoms with E-state index in [1.807, 2.05) is 6.20 Å². The van der Waals surface area contributed by atoms with Crippen LogP contribution in [0.1, 0.15) is 49.5 Å². The molecule has 2 aliphatic rings. The van der Waals surface area contributed by atoms with Gasteiger partial charge in [0.25, 0.3) is 0 Å². The van der Waals surface area contributed by atoms with Gasteiger partial charge in [-0.3, -0.25) is 0 Å². The van der Waals surface area contributed by atoms with Gasteiger partial charge < -0.3 is 5.73 Å². The highest BCUT2D eigenvalue weighted by molar-refractivity contribution is 9.10. The third kappa shape index (κ3) is 1.78. The van der Waals surface area contributed by atoms with Crippen molar-refractivity contribution in [3.05, 3.63) is 22.2 Å². The van der Waals surface area contributed by atoms with E-state index in [2.05, 4.69) is 20.9 Å². The first kappa shape index (κ1) is 10.7. The number of hydrogen-bond acceptors (Lipinski definition) is 3. The fraction of sp³-hybridized carbons (Fsp3) is 0.667. The molecule has 3 nitrogen and oxygen atoms in total. The zero-order chi connectivity index (χ0) is 11.2. The molecule has 1 aromatic rings. The van der Waals surface area contributed by atoms with E-state index in [4.69, 9.17) is 10.7 Å². The van der Waals surface area contributed by atoms with Gasteiger partial charge >= 0.3 is 0 Å². The smallest absolute Gasteiger partial charge is 0.131 e. The second kappa shape index (κ2) is 3.77. The highest BCUT2D eigenvalue weighted by Crippen LogP contribution is 2.52. The van der Waals surface area contributed by atoms with Crippen LogP contribution in [-0.2, 0) is 5.41 Å². The van der Waals surface area contributed by atoms with E-state index in [0.717, 1.165) is 23.3 Å². The second-order valence-corrected chi connectivity index (χ2v) is 5.87. The molecule has 4 heteroatoms. The zero-order valence-corrected chi connectivity index (χ0v) is 10.8. The second-order valence-electron chi connectivity index (χ2n) is 5.02. The first-order valence-corrected chi connectivity index (χ1v) is 6.77. The number of aromatic nitrogens is 2. The van der Waals surface area contributed by atoms with Crippen LogP contribution in [0.2, 0.25) is 0 Å². The largest absolute Gasteiger partial charge is 0.330 e. The summed E-state index contributed by atoms with van der Waals surface area (Å²) in [5.74, 6) is 1.67. The molecule has 0 aliphatic heterocycles. The lowest BCUT2D eigenvalue weighted by molar-refractivity contribution is 0.599. The maximum Gasteiger partial charge on any atom is 0.131 e. The molecule has 0 spiro atoms. The molecule has 0 radical (unpaired) electrons. The minimum atomic E-state index is 0.264. The van der Waals surface area contributed by atoms with E-state index < -0.39 is 0 Å². The molecule has 0 atom stereocenters. The predicted molar refractivity (Wildman–Crippen MR) is 66.3 cm³/mol. The van der Waals surface area contributed by atoms with Crippen LogP contribution in [0.15, 0.2) is 10.7 Å². The van der Waals surface area contributed by atoms with E-state index in [-0.39, 0.29) is 5.41 Å². The van der Waals surface area contributed by atoms with Gasteiger partial charge in [0, 0.05) is 17.5 Å². The molecule has 1 aromatic heterocycles. The molecule has 2 fully saturated rings. The minimum absolute atomic E-state index is 0.264. The lowest BCUT2D eigenvalue weighted by Crippen LogP contribution is -2.16. The Morgan fingerprint density at radius 1 is 1.44 bits per heavy atom. The molecule has 2 aliphatic carbocycles. The molecule has 0 amide bonds. The van der Waals surface area contributed by atoms with E-state index in [1.54, 1.807) is 0 Å². The van der Waals surface area contributed by atoms with Gasteiger partial charge in [-0.2, -0.15) is 0 Å². The fourth-order valence-corrected chi connectivity index (χ4v) is 2.93. The van der Waals surface area contributed by atoms with Crippen molar-refractivity contribution in [3.8, 4) is 0 Å². The normalized spacial score (nSPS) is 22.1. The van der Waals surface area contributed by atoms with Gasteiger partial charge in [-0.15, -0.1) is 0 Å². The summed E-state index contributed by atoms with van der Waals surface area (Å²) in [5.41, 5.74) is 7.16. The number of hydrogen-bond donors (Lipinski definition) is 1. The van der Waals surface area contributed by atoms with Crippen molar-refractivity contribution in [1.29, 1.82) is 0 Å². The van der Waals surface area contributed by atoms with Crippen LogP contribution in [0, 0.1) is 0 Å². The van der Waals surface area contributed by atoms with Crippen LogP contribution in [-0.4, -0.2) is 16.5 Å². The van der Waals surface area contributed by atoms with Crippen LogP contribution in [0.4, 0.5) is 0 Å². The average Bonchev–Trinajstić information content (AvgIpc) is 3.13. The quantitative estimate of drug-likeness (QED) is 0.923. The van der Waals surface area contributed by atoms with Crippen molar-refractivity contribution in [3.63, 3.8) is 0 Å². The Morgan fingerprint density at radius 3 is 2.75 bits per heavy atom. The van der Waals surface area contributed by atoms with Gasteiger partial charge in [0.2, 0.25) is 0 Å². The lowest BCUT2D eigenvalue weighted by Gasteiger charge is -2.15. The summed E-state index contributed by atoms with van der Waals surface area (Å²) in [5, 5.41) is 0. The summed E-state index contributed by atoms with van der Waals surface area (Å²) in [6, 6.07) is 0. The van der Waals surface area contributed by atoms with E-state index >= 15 is 0 Å². The zero-order valence-electron chi connectivity index (χ0n) is 9.25. The molecule has 16 heavy (non-hydrogen) atoms. The van der Waals surface area contributed by atoms with Crippen LogP contribution in [0.3, 0.4) is 0 Å². The number of rotatable bonds is 4. The van der Waals surface area contributed by atoms with Crippen LogP contribution in [0.5, 0.6) is 0 Å². The molecule has 2 saturated carbocycles. The summed E-state index contributed by atoms with van der Waals surface area (Å²) in [6.45, 7) is 0.745. The average molecular weight is 282 g/mol. The Labute approximate surface area is 104 Å². The Balaban J connectivity index is 1.95. The van der Waals surface area contributed by atoms with Crippen LogP contribution >= 0.6 is 15.9 Å². The number of nitrogens with zero attached hydrogens (tertiary/aromatic N) is 2. The molecular formula is C12H16BrN3. The summed E-state index contributed by atoms with van der Waals surface area (Å²) in [7, 11) is 0. The predicted octanol–water partition coefficient (Wildman–Crippen LogP) is 2.50. The van der Waals surface area contributed by atoms with Gasteiger partial charge in [-0.05, 0) is 54.6 Å². The maximum atomic E-state index is 5.69. The SMILES string of the molecule is NCCC1(c2nc(C3CC3)ncc2Br)CC1. The minimum Gasteiger partial charge on any atom is -0.330 e. The topological polar surface area (TPSA) is 51.8 Å². The van der Waals surface area contributed by atoms with Crippen molar-refractivity contribution in [2.24, 2.45) is 5.73 Å². The molecule has 1 heterocycles. The first-order valence-electron chi connectivity index (χ1n) is 5.98. The summed E-state index contributed by atoms with van der Waals surface area (Å²) in [6.07, 6.45) is 7.93. The molecule has 0 saturated heterocycles. The van der Waals surface area contributed by atoms with Crippen molar-refractivity contribution < 1.29 is 0 Å². The van der Waals surface area contributed by atoms with Gasteiger partial charge in [0.05, 0.1) is 10.2 Å². The standard InChI is InChI=1S/C12H16BrN3/c13-9-7-15-11(8-1-2-8)16-10(9)12(3-4-12)5-6-14/h7-8H,1-6,14H2. The molecule has 0 unspecified atom stereocenters. The summed E-state index contributed by atoms with van der Waals surface area (Å²) in [4.78, 5) is 9.19.